The zero-order chi connectivity index (χ0) is 14.7. The summed E-state index contributed by atoms with van der Waals surface area (Å²) in [7, 11) is 0. The van der Waals surface area contributed by atoms with E-state index < -0.39 is 0 Å². The number of phenolic OH excluding ortho intramolecular Hbond substituents is 2. The Morgan fingerprint density at radius 3 is 2.67 bits per heavy atom. The summed E-state index contributed by atoms with van der Waals surface area (Å²) >= 11 is 0. The molecule has 0 bridgehead atoms. The van der Waals surface area contributed by atoms with Crippen LogP contribution in [0.5, 0.6) is 11.5 Å². The molecule has 0 aliphatic carbocycles. The van der Waals surface area contributed by atoms with Crippen LogP contribution in [0.15, 0.2) is 60.9 Å². The van der Waals surface area contributed by atoms with Gasteiger partial charge in [-0.15, -0.1) is 0 Å². The third-order valence-electron chi connectivity index (χ3n) is 3.15. The van der Waals surface area contributed by atoms with Crippen LogP contribution in [-0.2, 0) is 6.54 Å². The molecule has 3 rings (SSSR count). The highest BCUT2D eigenvalue weighted by Gasteiger charge is 2.02. The highest BCUT2D eigenvalue weighted by Crippen LogP contribution is 2.25. The van der Waals surface area contributed by atoms with Gasteiger partial charge in [-0.3, -0.25) is 0 Å². The van der Waals surface area contributed by atoms with E-state index >= 15 is 0 Å². The summed E-state index contributed by atoms with van der Waals surface area (Å²) in [6, 6.07) is 14.5. The van der Waals surface area contributed by atoms with Gasteiger partial charge in [-0.1, -0.05) is 12.1 Å². The van der Waals surface area contributed by atoms with Gasteiger partial charge in [-0.2, -0.15) is 5.10 Å². The van der Waals surface area contributed by atoms with E-state index in [2.05, 4.69) is 10.4 Å². The molecule has 0 atom stereocenters. The van der Waals surface area contributed by atoms with Gasteiger partial charge in [0, 0.05) is 24.6 Å². The average molecular weight is 281 g/mol. The lowest BCUT2D eigenvalue weighted by Crippen LogP contribution is -2.01. The van der Waals surface area contributed by atoms with Crippen molar-refractivity contribution in [3.8, 4) is 17.2 Å². The van der Waals surface area contributed by atoms with Crippen molar-refractivity contribution in [2.45, 2.75) is 6.54 Å². The number of aromatic nitrogens is 2. The fourth-order valence-corrected chi connectivity index (χ4v) is 2.06. The summed E-state index contributed by atoms with van der Waals surface area (Å²) in [4.78, 5) is 0. The molecule has 0 aliphatic heterocycles. The average Bonchev–Trinajstić information content (AvgIpc) is 3.03. The van der Waals surface area contributed by atoms with E-state index in [1.165, 1.54) is 6.07 Å². The number of benzene rings is 2. The minimum Gasteiger partial charge on any atom is -0.504 e. The fraction of sp³-hybridized carbons (Fsp3) is 0.0625. The number of nitrogens with one attached hydrogen (secondary N) is 1. The quantitative estimate of drug-likeness (QED) is 0.643. The van der Waals surface area contributed by atoms with Crippen LogP contribution in [0.2, 0.25) is 0 Å². The molecule has 5 nitrogen and oxygen atoms in total. The lowest BCUT2D eigenvalue weighted by atomic mass is 10.2. The minimum absolute atomic E-state index is 0.111. The van der Waals surface area contributed by atoms with Crippen molar-refractivity contribution in [3.05, 3.63) is 66.5 Å². The van der Waals surface area contributed by atoms with Gasteiger partial charge in [0.15, 0.2) is 11.5 Å². The third kappa shape index (κ3) is 2.97. The van der Waals surface area contributed by atoms with Crippen LogP contribution in [0.4, 0.5) is 5.69 Å². The monoisotopic (exact) mass is 281 g/mol. The van der Waals surface area contributed by atoms with Crippen LogP contribution in [0.3, 0.4) is 0 Å². The summed E-state index contributed by atoms with van der Waals surface area (Å²) < 4.78 is 1.79. The van der Waals surface area contributed by atoms with Gasteiger partial charge in [-0.25, -0.2) is 4.68 Å². The first-order valence-electron chi connectivity index (χ1n) is 6.57. The number of hydrogen-bond acceptors (Lipinski definition) is 4. The smallest absolute Gasteiger partial charge is 0.157 e. The first-order chi connectivity index (χ1) is 10.2. The van der Waals surface area contributed by atoms with Crippen molar-refractivity contribution in [2.24, 2.45) is 0 Å². The van der Waals surface area contributed by atoms with E-state index in [0.717, 1.165) is 16.9 Å². The summed E-state index contributed by atoms with van der Waals surface area (Å²) in [5.74, 6) is -0.223. The normalized spacial score (nSPS) is 10.5. The molecular weight excluding hydrogens is 266 g/mol. The van der Waals surface area contributed by atoms with E-state index in [4.69, 9.17) is 0 Å². The Bertz CT molecular complexity index is 739. The molecule has 1 aromatic heterocycles. The molecule has 2 aromatic carbocycles. The summed E-state index contributed by atoms with van der Waals surface area (Å²) in [5, 5.41) is 26.2. The highest BCUT2D eigenvalue weighted by atomic mass is 16.3. The number of aromatic hydroxyl groups is 2. The predicted octanol–water partition coefficient (Wildman–Crippen LogP) is 2.90. The number of phenols is 2. The predicted molar refractivity (Wildman–Crippen MR) is 80.7 cm³/mol. The topological polar surface area (TPSA) is 70.3 Å². The van der Waals surface area contributed by atoms with E-state index in [1.807, 2.05) is 36.5 Å². The van der Waals surface area contributed by atoms with Crippen molar-refractivity contribution in [1.29, 1.82) is 0 Å². The van der Waals surface area contributed by atoms with Crippen molar-refractivity contribution < 1.29 is 10.2 Å². The molecule has 3 aromatic rings. The lowest BCUT2D eigenvalue weighted by Gasteiger charge is -2.09. The second-order valence-electron chi connectivity index (χ2n) is 4.68. The van der Waals surface area contributed by atoms with Crippen LogP contribution in [0, 0.1) is 0 Å². The maximum absolute atomic E-state index is 9.48. The molecule has 0 aliphatic rings. The zero-order valence-corrected chi connectivity index (χ0v) is 11.3. The third-order valence-corrected chi connectivity index (χ3v) is 3.15. The Morgan fingerprint density at radius 2 is 1.90 bits per heavy atom. The van der Waals surface area contributed by atoms with Crippen LogP contribution >= 0.6 is 0 Å². The minimum atomic E-state index is -0.112. The molecule has 5 heteroatoms. The molecule has 3 N–H and O–H groups in total. The second-order valence-corrected chi connectivity index (χ2v) is 4.68. The molecule has 0 fully saturated rings. The summed E-state index contributed by atoms with van der Waals surface area (Å²) in [5.41, 5.74) is 2.81. The number of hydrogen-bond donors (Lipinski definition) is 3. The molecular formula is C16H15N3O2. The molecule has 0 saturated carbocycles. The zero-order valence-electron chi connectivity index (χ0n) is 11.3. The van der Waals surface area contributed by atoms with Gasteiger partial charge in [0.05, 0.1) is 5.69 Å². The highest BCUT2D eigenvalue weighted by molar-refractivity contribution is 5.51. The van der Waals surface area contributed by atoms with Gasteiger partial charge in [-0.05, 0) is 42.0 Å². The molecule has 0 spiro atoms. The standard InChI is InChI=1S/C16H15N3O2/c20-15-6-5-12(9-16(15)21)11-17-13-3-1-4-14(10-13)19-8-2-7-18-19/h1-10,17,20-21H,11H2. The Balaban J connectivity index is 1.73. The summed E-state index contributed by atoms with van der Waals surface area (Å²) in [6.45, 7) is 0.552. The maximum Gasteiger partial charge on any atom is 0.157 e. The first kappa shape index (κ1) is 13.1. The van der Waals surface area contributed by atoms with Gasteiger partial charge in [0.1, 0.15) is 0 Å². The van der Waals surface area contributed by atoms with E-state index in [0.29, 0.717) is 6.54 Å². The van der Waals surface area contributed by atoms with E-state index in [-0.39, 0.29) is 11.5 Å². The molecule has 21 heavy (non-hydrogen) atoms. The Morgan fingerprint density at radius 1 is 1.00 bits per heavy atom. The fourth-order valence-electron chi connectivity index (χ4n) is 2.06. The van der Waals surface area contributed by atoms with Crippen molar-refractivity contribution >= 4 is 5.69 Å². The second kappa shape index (κ2) is 5.58. The van der Waals surface area contributed by atoms with Gasteiger partial charge in [0.25, 0.3) is 0 Å². The first-order valence-corrected chi connectivity index (χ1v) is 6.57. The molecule has 0 radical (unpaired) electrons. The molecule has 0 amide bonds. The lowest BCUT2D eigenvalue weighted by molar-refractivity contribution is 0.403. The maximum atomic E-state index is 9.48. The Hall–Kier alpha value is -2.95. The summed E-state index contributed by atoms with van der Waals surface area (Å²) in [6.07, 6.45) is 3.62. The number of nitrogens with zero attached hydrogens (tertiary/aromatic N) is 2. The van der Waals surface area contributed by atoms with Crippen molar-refractivity contribution in [2.75, 3.05) is 5.32 Å². The molecule has 0 unspecified atom stereocenters. The largest absolute Gasteiger partial charge is 0.504 e. The van der Waals surface area contributed by atoms with Crippen molar-refractivity contribution in [3.63, 3.8) is 0 Å². The Labute approximate surface area is 122 Å². The van der Waals surface area contributed by atoms with Crippen LogP contribution in [-0.4, -0.2) is 20.0 Å². The number of anilines is 1. The van der Waals surface area contributed by atoms with Crippen LogP contribution in [0.1, 0.15) is 5.56 Å². The van der Waals surface area contributed by atoms with Crippen molar-refractivity contribution in [1.82, 2.24) is 9.78 Å². The number of rotatable bonds is 4. The van der Waals surface area contributed by atoms with Crippen LogP contribution < -0.4 is 5.32 Å². The van der Waals surface area contributed by atoms with Gasteiger partial charge >= 0.3 is 0 Å². The SMILES string of the molecule is Oc1ccc(CNc2cccc(-n3cccn3)c2)cc1O. The van der Waals surface area contributed by atoms with E-state index in [9.17, 15) is 10.2 Å². The molecule has 106 valence electrons. The molecule has 1 heterocycles. The molecule has 0 saturated heterocycles. The van der Waals surface area contributed by atoms with Crippen LogP contribution in [0.25, 0.3) is 5.69 Å². The van der Waals surface area contributed by atoms with E-state index in [1.54, 1.807) is 23.0 Å². The van der Waals surface area contributed by atoms with Gasteiger partial charge < -0.3 is 15.5 Å². The van der Waals surface area contributed by atoms with Gasteiger partial charge in [0.2, 0.25) is 0 Å². The Kier molecular flexibility index (Phi) is 3.47.